The van der Waals surface area contributed by atoms with Crippen LogP contribution in [0.2, 0.25) is 0 Å². The van der Waals surface area contributed by atoms with Gasteiger partial charge in [0.05, 0.1) is 12.2 Å². The Kier molecular flexibility index (Phi) is 6.79. The van der Waals surface area contributed by atoms with E-state index in [2.05, 4.69) is 10.4 Å². The predicted molar refractivity (Wildman–Crippen MR) is 116 cm³/mol. The molecule has 0 saturated carbocycles. The van der Waals surface area contributed by atoms with Crippen LogP contribution in [0.4, 0.5) is 4.39 Å². The molecule has 0 saturated heterocycles. The molecule has 0 spiro atoms. The maximum absolute atomic E-state index is 14.2. The Labute approximate surface area is 179 Å². The van der Waals surface area contributed by atoms with E-state index in [4.69, 9.17) is 0 Å². The molecule has 162 valence electrons. The lowest BCUT2D eigenvalue weighted by atomic mass is 10.0. The van der Waals surface area contributed by atoms with Crippen LogP contribution in [0, 0.1) is 5.82 Å². The van der Waals surface area contributed by atoms with Crippen molar-refractivity contribution in [2.75, 3.05) is 6.54 Å². The second kappa shape index (κ2) is 9.51. The van der Waals surface area contributed by atoms with Gasteiger partial charge in [-0.25, -0.2) is 9.18 Å². The SMILES string of the molecule is CCCNC(=O)c1nn(-c2ccc(C(C)C)cc2)c(=O)n(Cc2ccccc2F)c1=O. The van der Waals surface area contributed by atoms with Crippen molar-refractivity contribution >= 4 is 5.91 Å². The van der Waals surface area contributed by atoms with Crippen molar-refractivity contribution in [2.24, 2.45) is 0 Å². The van der Waals surface area contributed by atoms with Crippen LogP contribution in [0.15, 0.2) is 58.1 Å². The lowest BCUT2D eigenvalue weighted by molar-refractivity contribution is 0.0944. The number of halogens is 1. The maximum Gasteiger partial charge on any atom is 0.352 e. The van der Waals surface area contributed by atoms with Crippen molar-refractivity contribution in [3.8, 4) is 5.69 Å². The maximum atomic E-state index is 14.2. The minimum Gasteiger partial charge on any atom is -0.350 e. The summed E-state index contributed by atoms with van der Waals surface area (Å²) < 4.78 is 16.0. The molecule has 0 fully saturated rings. The summed E-state index contributed by atoms with van der Waals surface area (Å²) in [5.74, 6) is -0.929. The van der Waals surface area contributed by atoms with Gasteiger partial charge in [-0.2, -0.15) is 9.78 Å². The highest BCUT2D eigenvalue weighted by Gasteiger charge is 2.21. The molecule has 0 atom stereocenters. The molecule has 1 aromatic heterocycles. The van der Waals surface area contributed by atoms with Gasteiger partial charge < -0.3 is 5.32 Å². The van der Waals surface area contributed by atoms with Gasteiger partial charge in [0.1, 0.15) is 5.82 Å². The lowest BCUT2D eigenvalue weighted by Crippen LogP contribution is -2.46. The van der Waals surface area contributed by atoms with Gasteiger partial charge in [-0.3, -0.25) is 14.2 Å². The number of carbonyl (C=O) groups is 1. The van der Waals surface area contributed by atoms with Crippen molar-refractivity contribution in [1.82, 2.24) is 19.7 Å². The van der Waals surface area contributed by atoms with Crippen LogP contribution in [0.5, 0.6) is 0 Å². The molecule has 0 aliphatic rings. The average Bonchev–Trinajstić information content (AvgIpc) is 2.76. The number of hydrogen-bond donors (Lipinski definition) is 1. The second-order valence-electron chi connectivity index (χ2n) is 7.53. The first kappa shape index (κ1) is 22.1. The smallest absolute Gasteiger partial charge is 0.350 e. The molecule has 0 aliphatic heterocycles. The zero-order chi connectivity index (χ0) is 22.5. The molecule has 3 rings (SSSR count). The molecule has 0 unspecified atom stereocenters. The monoisotopic (exact) mass is 424 g/mol. The summed E-state index contributed by atoms with van der Waals surface area (Å²) in [7, 11) is 0. The average molecular weight is 424 g/mol. The minimum absolute atomic E-state index is 0.162. The van der Waals surface area contributed by atoms with E-state index in [-0.39, 0.29) is 12.1 Å². The number of nitrogens with one attached hydrogen (secondary N) is 1. The quantitative estimate of drug-likeness (QED) is 0.632. The fraction of sp³-hybridized carbons (Fsp3) is 0.304. The third-order valence-corrected chi connectivity index (χ3v) is 4.90. The molecule has 0 radical (unpaired) electrons. The van der Waals surface area contributed by atoms with Crippen LogP contribution in [0.1, 0.15) is 54.7 Å². The first-order valence-electron chi connectivity index (χ1n) is 10.2. The fourth-order valence-electron chi connectivity index (χ4n) is 3.08. The van der Waals surface area contributed by atoms with Gasteiger partial charge >= 0.3 is 5.69 Å². The molecule has 8 heteroatoms. The summed E-state index contributed by atoms with van der Waals surface area (Å²) in [6.07, 6.45) is 0.672. The van der Waals surface area contributed by atoms with Gasteiger partial charge in [0, 0.05) is 12.1 Å². The molecule has 0 bridgehead atoms. The Morgan fingerprint density at radius 3 is 2.39 bits per heavy atom. The van der Waals surface area contributed by atoms with Gasteiger partial charge in [-0.05, 0) is 36.1 Å². The lowest BCUT2D eigenvalue weighted by Gasteiger charge is -2.13. The van der Waals surface area contributed by atoms with E-state index in [1.165, 1.54) is 18.2 Å². The molecule has 1 N–H and O–H groups in total. The molecule has 3 aromatic rings. The van der Waals surface area contributed by atoms with E-state index in [1.807, 2.05) is 32.9 Å². The highest BCUT2D eigenvalue weighted by Crippen LogP contribution is 2.15. The van der Waals surface area contributed by atoms with Gasteiger partial charge in [0.2, 0.25) is 5.69 Å². The third-order valence-electron chi connectivity index (χ3n) is 4.90. The molecule has 1 heterocycles. The highest BCUT2D eigenvalue weighted by atomic mass is 19.1. The number of aromatic nitrogens is 3. The Bertz CT molecular complexity index is 1200. The van der Waals surface area contributed by atoms with E-state index in [0.717, 1.165) is 14.8 Å². The van der Waals surface area contributed by atoms with Crippen LogP contribution >= 0.6 is 0 Å². The number of amides is 1. The van der Waals surface area contributed by atoms with Crippen molar-refractivity contribution < 1.29 is 9.18 Å². The standard InChI is InChI=1S/C23H25FN4O3/c1-4-13-25-21(29)20-22(30)27(14-17-7-5-6-8-19(17)24)23(31)28(26-20)18-11-9-16(10-12-18)15(2)3/h5-12,15H,4,13-14H2,1-3H3,(H,25,29). The summed E-state index contributed by atoms with van der Waals surface area (Å²) >= 11 is 0. The Morgan fingerprint density at radius 2 is 1.77 bits per heavy atom. The number of benzene rings is 2. The predicted octanol–water partition coefficient (Wildman–Crippen LogP) is 2.84. The zero-order valence-electron chi connectivity index (χ0n) is 17.8. The first-order valence-corrected chi connectivity index (χ1v) is 10.2. The van der Waals surface area contributed by atoms with Gasteiger partial charge in [-0.1, -0.05) is 51.1 Å². The van der Waals surface area contributed by atoms with E-state index in [0.29, 0.717) is 24.6 Å². The molecule has 31 heavy (non-hydrogen) atoms. The Morgan fingerprint density at radius 1 is 1.10 bits per heavy atom. The molecular weight excluding hydrogens is 399 g/mol. The zero-order valence-corrected chi connectivity index (χ0v) is 17.8. The van der Waals surface area contributed by atoms with E-state index < -0.39 is 28.7 Å². The van der Waals surface area contributed by atoms with Crippen molar-refractivity contribution in [3.05, 3.63) is 92.0 Å². The summed E-state index contributed by atoms with van der Waals surface area (Å²) in [6, 6.07) is 13.0. The molecule has 2 aromatic carbocycles. The van der Waals surface area contributed by atoms with Crippen molar-refractivity contribution in [2.45, 2.75) is 39.7 Å². The Balaban J connectivity index is 2.18. The highest BCUT2D eigenvalue weighted by molar-refractivity contribution is 5.91. The van der Waals surface area contributed by atoms with Crippen LogP contribution in [0.25, 0.3) is 5.69 Å². The topological polar surface area (TPSA) is 86.0 Å². The molecular formula is C23H25FN4O3. The number of carbonyl (C=O) groups excluding carboxylic acids is 1. The first-order chi connectivity index (χ1) is 14.8. The van der Waals surface area contributed by atoms with Crippen LogP contribution in [0.3, 0.4) is 0 Å². The van der Waals surface area contributed by atoms with Gasteiger partial charge in [0.25, 0.3) is 11.5 Å². The molecule has 0 aliphatic carbocycles. The van der Waals surface area contributed by atoms with E-state index >= 15 is 0 Å². The van der Waals surface area contributed by atoms with Crippen LogP contribution in [-0.2, 0) is 6.54 Å². The summed E-state index contributed by atoms with van der Waals surface area (Å²) in [4.78, 5) is 38.6. The summed E-state index contributed by atoms with van der Waals surface area (Å²) in [5.41, 5.74) is -0.403. The minimum atomic E-state index is -0.864. The molecule has 7 nitrogen and oxygen atoms in total. The normalized spacial score (nSPS) is 11.0. The third kappa shape index (κ3) is 4.79. The van der Waals surface area contributed by atoms with Crippen LogP contribution in [-0.4, -0.2) is 26.8 Å². The number of hydrogen-bond acceptors (Lipinski definition) is 4. The Hall–Kier alpha value is -3.55. The van der Waals surface area contributed by atoms with Crippen molar-refractivity contribution in [3.63, 3.8) is 0 Å². The van der Waals surface area contributed by atoms with Gasteiger partial charge in [0.15, 0.2) is 0 Å². The van der Waals surface area contributed by atoms with Crippen LogP contribution < -0.4 is 16.6 Å². The fourth-order valence-corrected chi connectivity index (χ4v) is 3.08. The van der Waals surface area contributed by atoms with Crippen molar-refractivity contribution in [1.29, 1.82) is 0 Å². The number of rotatable bonds is 7. The summed E-state index contributed by atoms with van der Waals surface area (Å²) in [6.45, 7) is 6.01. The number of nitrogens with zero attached hydrogens (tertiary/aromatic N) is 3. The van der Waals surface area contributed by atoms with E-state index in [9.17, 15) is 18.8 Å². The van der Waals surface area contributed by atoms with Gasteiger partial charge in [-0.15, -0.1) is 0 Å². The molecule has 1 amide bonds. The largest absolute Gasteiger partial charge is 0.352 e. The van der Waals surface area contributed by atoms with E-state index in [1.54, 1.807) is 18.2 Å². The second-order valence-corrected chi connectivity index (χ2v) is 7.53. The summed E-state index contributed by atoms with van der Waals surface area (Å²) in [5, 5.41) is 6.67.